The highest BCUT2D eigenvalue weighted by Gasteiger charge is 2.44. The molecule has 6 heteroatoms. The number of aliphatic carboxylic acids is 1. The van der Waals surface area contributed by atoms with Gasteiger partial charge in [0.2, 0.25) is 0 Å². The van der Waals surface area contributed by atoms with Crippen LogP contribution in [0.25, 0.3) is 0 Å². The van der Waals surface area contributed by atoms with Gasteiger partial charge in [0.1, 0.15) is 0 Å². The zero-order chi connectivity index (χ0) is 13.2. The van der Waals surface area contributed by atoms with E-state index in [9.17, 15) is 9.59 Å². The monoisotopic (exact) mass is 256 g/mol. The van der Waals surface area contributed by atoms with E-state index in [-0.39, 0.29) is 24.7 Å². The molecule has 18 heavy (non-hydrogen) atoms. The highest BCUT2D eigenvalue weighted by atomic mass is 16.5. The number of urea groups is 1. The first kappa shape index (κ1) is 13.1. The van der Waals surface area contributed by atoms with E-state index in [0.717, 1.165) is 19.3 Å². The minimum Gasteiger partial charge on any atom is -0.481 e. The van der Waals surface area contributed by atoms with Crippen molar-refractivity contribution in [2.75, 3.05) is 13.7 Å². The second-order valence-corrected chi connectivity index (χ2v) is 5.29. The van der Waals surface area contributed by atoms with E-state index in [4.69, 9.17) is 9.84 Å². The van der Waals surface area contributed by atoms with Crippen molar-refractivity contribution in [1.82, 2.24) is 10.6 Å². The van der Waals surface area contributed by atoms with Crippen LogP contribution in [0, 0.1) is 5.41 Å². The summed E-state index contributed by atoms with van der Waals surface area (Å²) in [7, 11) is 1.66. The van der Waals surface area contributed by atoms with Gasteiger partial charge in [-0.3, -0.25) is 4.79 Å². The summed E-state index contributed by atoms with van der Waals surface area (Å²) in [5, 5.41) is 14.6. The number of hydrogen-bond acceptors (Lipinski definition) is 3. The maximum Gasteiger partial charge on any atom is 0.315 e. The maximum absolute atomic E-state index is 11.6. The standard InChI is InChI=1S/C12H20N2O4/c1-18-9-5-8(6-9)14-11(17)13-7-12(10(15)16)3-2-4-12/h8-9H,2-7H2,1H3,(H,15,16)(H2,13,14,17). The fraction of sp³-hybridized carbons (Fsp3) is 0.833. The number of nitrogens with one attached hydrogen (secondary N) is 2. The number of methoxy groups -OCH3 is 1. The van der Waals surface area contributed by atoms with Crippen LogP contribution in [-0.4, -0.2) is 42.9 Å². The van der Waals surface area contributed by atoms with Crippen LogP contribution < -0.4 is 10.6 Å². The van der Waals surface area contributed by atoms with Crippen LogP contribution in [-0.2, 0) is 9.53 Å². The van der Waals surface area contributed by atoms with E-state index < -0.39 is 11.4 Å². The number of carbonyl (C=O) groups is 2. The Morgan fingerprint density at radius 2 is 2.06 bits per heavy atom. The number of carboxylic acid groups (broad SMARTS) is 1. The number of hydrogen-bond donors (Lipinski definition) is 3. The summed E-state index contributed by atoms with van der Waals surface area (Å²) in [5.74, 6) is -0.808. The third kappa shape index (κ3) is 2.58. The first-order valence-corrected chi connectivity index (χ1v) is 6.36. The smallest absolute Gasteiger partial charge is 0.315 e. The summed E-state index contributed by atoms with van der Waals surface area (Å²) in [4.78, 5) is 22.7. The van der Waals surface area contributed by atoms with Crippen LogP contribution in [0.5, 0.6) is 0 Å². The van der Waals surface area contributed by atoms with Crippen molar-refractivity contribution >= 4 is 12.0 Å². The second-order valence-electron chi connectivity index (χ2n) is 5.29. The Kier molecular flexibility index (Phi) is 3.75. The summed E-state index contributed by atoms with van der Waals surface area (Å²) in [6.07, 6.45) is 4.12. The number of rotatable bonds is 5. The Morgan fingerprint density at radius 3 is 2.50 bits per heavy atom. The lowest BCUT2D eigenvalue weighted by Crippen LogP contribution is -2.54. The van der Waals surface area contributed by atoms with Crippen LogP contribution in [0.4, 0.5) is 4.79 Å². The Balaban J connectivity index is 1.67. The first-order valence-electron chi connectivity index (χ1n) is 6.36. The molecule has 2 fully saturated rings. The van der Waals surface area contributed by atoms with E-state index >= 15 is 0 Å². The fourth-order valence-electron chi connectivity index (χ4n) is 2.43. The fourth-order valence-corrected chi connectivity index (χ4v) is 2.43. The molecule has 0 bridgehead atoms. The summed E-state index contributed by atoms with van der Waals surface area (Å²) >= 11 is 0. The van der Waals surface area contributed by atoms with E-state index in [0.29, 0.717) is 12.8 Å². The van der Waals surface area contributed by atoms with Gasteiger partial charge in [-0.1, -0.05) is 6.42 Å². The lowest BCUT2D eigenvalue weighted by atomic mass is 9.69. The van der Waals surface area contributed by atoms with Gasteiger partial charge in [0.15, 0.2) is 0 Å². The molecule has 0 aromatic rings. The molecular formula is C12H20N2O4. The van der Waals surface area contributed by atoms with Crippen molar-refractivity contribution < 1.29 is 19.4 Å². The molecule has 3 N–H and O–H groups in total. The molecule has 0 atom stereocenters. The molecule has 0 unspecified atom stereocenters. The summed E-state index contributed by atoms with van der Waals surface area (Å²) < 4.78 is 5.12. The van der Waals surface area contributed by atoms with Gasteiger partial charge in [-0.2, -0.15) is 0 Å². The minimum atomic E-state index is -0.808. The topological polar surface area (TPSA) is 87.7 Å². The van der Waals surface area contributed by atoms with Crippen LogP contribution in [0.15, 0.2) is 0 Å². The van der Waals surface area contributed by atoms with Gasteiger partial charge >= 0.3 is 12.0 Å². The van der Waals surface area contributed by atoms with Crippen molar-refractivity contribution in [1.29, 1.82) is 0 Å². The van der Waals surface area contributed by atoms with Crippen LogP contribution in [0.2, 0.25) is 0 Å². The molecule has 0 aliphatic heterocycles. The Labute approximate surface area is 106 Å². The highest BCUT2D eigenvalue weighted by molar-refractivity contribution is 5.79. The Morgan fingerprint density at radius 1 is 1.39 bits per heavy atom. The van der Waals surface area contributed by atoms with Crippen molar-refractivity contribution in [3.63, 3.8) is 0 Å². The minimum absolute atomic E-state index is 0.150. The van der Waals surface area contributed by atoms with Gasteiger partial charge in [-0.15, -0.1) is 0 Å². The molecule has 0 heterocycles. The van der Waals surface area contributed by atoms with Crippen molar-refractivity contribution in [2.24, 2.45) is 5.41 Å². The number of ether oxygens (including phenoxy) is 1. The molecule has 0 spiro atoms. The molecule has 2 saturated carbocycles. The molecule has 2 amide bonds. The van der Waals surface area contributed by atoms with E-state index in [2.05, 4.69) is 10.6 Å². The van der Waals surface area contributed by atoms with Gasteiger partial charge in [0.05, 0.1) is 11.5 Å². The van der Waals surface area contributed by atoms with Crippen LogP contribution in [0.1, 0.15) is 32.1 Å². The van der Waals surface area contributed by atoms with Crippen molar-refractivity contribution in [2.45, 2.75) is 44.2 Å². The molecule has 0 aromatic carbocycles. The van der Waals surface area contributed by atoms with Crippen molar-refractivity contribution in [3.05, 3.63) is 0 Å². The third-order valence-corrected chi connectivity index (χ3v) is 4.12. The molecular weight excluding hydrogens is 236 g/mol. The predicted octanol–water partition coefficient (Wildman–Crippen LogP) is 0.718. The Hall–Kier alpha value is -1.30. The van der Waals surface area contributed by atoms with E-state index in [1.807, 2.05) is 0 Å². The van der Waals surface area contributed by atoms with Gasteiger partial charge in [-0.25, -0.2) is 4.79 Å². The molecule has 0 radical (unpaired) electrons. The quantitative estimate of drug-likeness (QED) is 0.676. The van der Waals surface area contributed by atoms with Crippen molar-refractivity contribution in [3.8, 4) is 0 Å². The van der Waals surface area contributed by atoms with E-state index in [1.54, 1.807) is 7.11 Å². The predicted molar refractivity (Wildman–Crippen MR) is 64.3 cm³/mol. The zero-order valence-corrected chi connectivity index (χ0v) is 10.6. The average Bonchev–Trinajstić information content (AvgIpc) is 2.20. The number of amides is 2. The number of carboxylic acids is 1. The lowest BCUT2D eigenvalue weighted by Gasteiger charge is -2.38. The van der Waals surface area contributed by atoms with E-state index in [1.165, 1.54) is 0 Å². The summed E-state index contributed by atoms with van der Waals surface area (Å²) in [6, 6.07) is -0.126. The second kappa shape index (κ2) is 5.14. The Bertz CT molecular complexity index is 335. The molecule has 2 rings (SSSR count). The highest BCUT2D eigenvalue weighted by Crippen LogP contribution is 2.40. The molecule has 102 valence electrons. The molecule has 0 aromatic heterocycles. The van der Waals surface area contributed by atoms with Gasteiger partial charge in [-0.05, 0) is 25.7 Å². The van der Waals surface area contributed by atoms with Crippen LogP contribution >= 0.6 is 0 Å². The molecule has 2 aliphatic rings. The zero-order valence-electron chi connectivity index (χ0n) is 10.6. The normalized spacial score (nSPS) is 28.7. The van der Waals surface area contributed by atoms with Gasteiger partial charge < -0.3 is 20.5 Å². The lowest BCUT2D eigenvalue weighted by molar-refractivity contribution is -0.153. The van der Waals surface area contributed by atoms with Gasteiger partial charge in [0, 0.05) is 19.7 Å². The van der Waals surface area contributed by atoms with Crippen LogP contribution in [0.3, 0.4) is 0 Å². The molecule has 2 aliphatic carbocycles. The SMILES string of the molecule is COC1CC(NC(=O)NCC2(C(=O)O)CCC2)C1. The molecule has 0 saturated heterocycles. The average molecular weight is 256 g/mol. The summed E-state index contributed by atoms with van der Waals surface area (Å²) in [5.41, 5.74) is -0.730. The molecule has 6 nitrogen and oxygen atoms in total. The number of carbonyl (C=O) groups excluding carboxylic acids is 1. The third-order valence-electron chi connectivity index (χ3n) is 4.12. The van der Waals surface area contributed by atoms with Gasteiger partial charge in [0.25, 0.3) is 0 Å². The first-order chi connectivity index (χ1) is 8.55. The largest absolute Gasteiger partial charge is 0.481 e. The maximum atomic E-state index is 11.6. The summed E-state index contributed by atoms with van der Waals surface area (Å²) in [6.45, 7) is 0.217.